The van der Waals surface area contributed by atoms with E-state index >= 15 is 0 Å². The van der Waals surface area contributed by atoms with Gasteiger partial charge in [0.15, 0.2) is 0 Å². The summed E-state index contributed by atoms with van der Waals surface area (Å²) in [6.07, 6.45) is -2.09. The second-order valence-electron chi connectivity index (χ2n) is 7.91. The molecule has 2 aromatic rings. The van der Waals surface area contributed by atoms with Crippen molar-refractivity contribution in [1.29, 1.82) is 0 Å². The summed E-state index contributed by atoms with van der Waals surface area (Å²) < 4.78 is 55.0. The normalized spacial score (nSPS) is 13.4. The smallest absolute Gasteiger partial charge is 0.419 e. The minimum Gasteiger partial charge on any atom is -0.496 e. The van der Waals surface area contributed by atoms with Crippen molar-refractivity contribution >= 4 is 17.6 Å². The third-order valence-corrected chi connectivity index (χ3v) is 5.72. The Morgan fingerprint density at radius 1 is 1.24 bits per heavy atom. The van der Waals surface area contributed by atoms with E-state index < -0.39 is 29.4 Å². The highest BCUT2D eigenvalue weighted by Gasteiger charge is 2.34. The summed E-state index contributed by atoms with van der Waals surface area (Å²) in [6.45, 7) is 3.88. The fourth-order valence-electron chi connectivity index (χ4n) is 3.97. The van der Waals surface area contributed by atoms with Gasteiger partial charge in [-0.2, -0.15) is 13.2 Å². The summed E-state index contributed by atoms with van der Waals surface area (Å²) in [7, 11) is 3.27. The first-order valence-corrected chi connectivity index (χ1v) is 10.7. The summed E-state index contributed by atoms with van der Waals surface area (Å²) in [6, 6.07) is 4.61. The molecule has 0 saturated heterocycles. The van der Waals surface area contributed by atoms with Crippen LogP contribution in [0.15, 0.2) is 35.9 Å². The van der Waals surface area contributed by atoms with Crippen LogP contribution in [0.4, 0.5) is 18.9 Å². The fourth-order valence-corrected chi connectivity index (χ4v) is 3.97. The number of halogens is 3. The van der Waals surface area contributed by atoms with Gasteiger partial charge in [0, 0.05) is 24.6 Å². The summed E-state index contributed by atoms with van der Waals surface area (Å²) in [5, 5.41) is 3.07. The monoisotopic (exact) mass is 477 g/mol. The number of cyclic esters (lactones) is 1. The van der Waals surface area contributed by atoms with Gasteiger partial charge < -0.3 is 19.5 Å². The molecule has 0 unspecified atom stereocenters. The molecule has 1 aliphatic rings. The van der Waals surface area contributed by atoms with Crippen LogP contribution in [0.2, 0.25) is 0 Å². The number of anilines is 1. The predicted molar refractivity (Wildman–Crippen MR) is 120 cm³/mol. The molecule has 6 nitrogen and oxygen atoms in total. The van der Waals surface area contributed by atoms with Gasteiger partial charge in [-0.25, -0.2) is 4.79 Å². The molecule has 0 bridgehead atoms. The predicted octanol–water partition coefficient (Wildman–Crippen LogP) is 5.61. The number of esters is 2. The Hall–Kier alpha value is -3.49. The molecule has 1 N–H and O–H groups in total. The zero-order valence-corrected chi connectivity index (χ0v) is 19.4. The Balaban J connectivity index is 1.72. The summed E-state index contributed by atoms with van der Waals surface area (Å²) in [4.78, 5) is 24.4. The zero-order valence-electron chi connectivity index (χ0n) is 19.4. The topological polar surface area (TPSA) is 73.9 Å². The number of para-hydroxylation sites is 1. The first kappa shape index (κ1) is 25.1. The number of benzene rings is 2. The van der Waals surface area contributed by atoms with Crippen molar-refractivity contribution in [2.45, 2.75) is 45.9 Å². The molecule has 0 aromatic heterocycles. The Morgan fingerprint density at radius 2 is 1.94 bits per heavy atom. The number of fused-ring (bicyclic) bond motifs is 1. The van der Waals surface area contributed by atoms with Crippen LogP contribution in [0.1, 0.15) is 52.4 Å². The van der Waals surface area contributed by atoms with Gasteiger partial charge in [0.1, 0.15) is 18.1 Å². The van der Waals surface area contributed by atoms with Crippen molar-refractivity contribution in [3.8, 4) is 11.5 Å². The third kappa shape index (κ3) is 5.18. The molecule has 2 aromatic carbocycles. The van der Waals surface area contributed by atoms with Crippen molar-refractivity contribution in [3.05, 3.63) is 63.7 Å². The highest BCUT2D eigenvalue weighted by atomic mass is 19.4. The average molecular weight is 477 g/mol. The van der Waals surface area contributed by atoms with Gasteiger partial charge in [-0.15, -0.1) is 0 Å². The van der Waals surface area contributed by atoms with E-state index in [1.165, 1.54) is 12.1 Å². The molecule has 3 rings (SSSR count). The van der Waals surface area contributed by atoms with Gasteiger partial charge in [-0.05, 0) is 44.4 Å². The van der Waals surface area contributed by atoms with E-state index in [0.717, 1.165) is 34.4 Å². The number of carbonyl (C=O) groups is 2. The zero-order chi connectivity index (χ0) is 25.0. The molecule has 1 aliphatic heterocycles. The minimum absolute atomic E-state index is 0.0832. The molecule has 0 amide bonds. The number of carbonyl (C=O) groups excluding carboxylic acids is 2. The Kier molecular flexibility index (Phi) is 7.54. The van der Waals surface area contributed by atoms with Gasteiger partial charge in [0.05, 0.1) is 23.9 Å². The van der Waals surface area contributed by atoms with Crippen LogP contribution in [-0.2, 0) is 28.7 Å². The molecule has 0 saturated carbocycles. The first-order valence-electron chi connectivity index (χ1n) is 10.7. The molecular formula is C25H26F3NO5. The second-order valence-corrected chi connectivity index (χ2v) is 7.91. The van der Waals surface area contributed by atoms with Crippen molar-refractivity contribution in [1.82, 2.24) is 0 Å². The van der Waals surface area contributed by atoms with E-state index in [1.807, 2.05) is 19.9 Å². The lowest BCUT2D eigenvalue weighted by molar-refractivity contribution is -0.142. The average Bonchev–Trinajstić information content (AvgIpc) is 3.18. The highest BCUT2D eigenvalue weighted by molar-refractivity contribution is 6.01. The standard InChI is InChI=1S/C25H26F3NO5/c1-14(10-12-20(30)34-19-8-6-5-7-18(19)25(26,27)28)9-11-16-22(29-3)21-17(13-33-24(21)31)15(2)23(16)32-4/h5-9,29H,10-13H2,1-4H3/b14-9+. The molecule has 34 heavy (non-hydrogen) atoms. The van der Waals surface area contributed by atoms with Crippen LogP contribution in [0.25, 0.3) is 0 Å². The van der Waals surface area contributed by atoms with E-state index in [0.29, 0.717) is 29.8 Å². The minimum atomic E-state index is -4.61. The van der Waals surface area contributed by atoms with E-state index in [2.05, 4.69) is 5.32 Å². The number of allylic oxidation sites excluding steroid dienone is 2. The molecule has 9 heteroatoms. The van der Waals surface area contributed by atoms with Crippen LogP contribution in [0.3, 0.4) is 0 Å². The number of rotatable bonds is 8. The van der Waals surface area contributed by atoms with Crippen LogP contribution < -0.4 is 14.8 Å². The Labute approximate surface area is 195 Å². The van der Waals surface area contributed by atoms with Crippen molar-refractivity contribution < 1.29 is 37.0 Å². The number of alkyl halides is 3. The van der Waals surface area contributed by atoms with E-state index in [4.69, 9.17) is 14.2 Å². The summed E-state index contributed by atoms with van der Waals surface area (Å²) in [5.74, 6) is -1.01. The first-order chi connectivity index (χ1) is 16.1. The van der Waals surface area contributed by atoms with Crippen LogP contribution >= 0.6 is 0 Å². The van der Waals surface area contributed by atoms with Crippen LogP contribution in [-0.4, -0.2) is 26.1 Å². The third-order valence-electron chi connectivity index (χ3n) is 5.72. The van der Waals surface area contributed by atoms with Crippen LogP contribution in [0.5, 0.6) is 11.5 Å². The van der Waals surface area contributed by atoms with Crippen molar-refractivity contribution in [3.63, 3.8) is 0 Å². The van der Waals surface area contributed by atoms with Gasteiger partial charge in [-0.1, -0.05) is 23.8 Å². The number of hydrogen-bond donors (Lipinski definition) is 1. The fraction of sp³-hybridized carbons (Fsp3) is 0.360. The summed E-state index contributed by atoms with van der Waals surface area (Å²) in [5.41, 5.74) is 3.37. The van der Waals surface area contributed by atoms with Crippen molar-refractivity contribution in [2.75, 3.05) is 19.5 Å². The van der Waals surface area contributed by atoms with E-state index in [1.54, 1.807) is 14.2 Å². The second kappa shape index (κ2) is 10.2. The lowest BCUT2D eigenvalue weighted by atomic mass is 9.93. The number of nitrogens with one attached hydrogen (secondary N) is 1. The number of methoxy groups -OCH3 is 1. The Bertz CT molecular complexity index is 1140. The van der Waals surface area contributed by atoms with Gasteiger partial charge in [-0.3, -0.25) is 4.79 Å². The molecule has 0 aliphatic carbocycles. The molecule has 0 radical (unpaired) electrons. The van der Waals surface area contributed by atoms with Gasteiger partial charge >= 0.3 is 18.1 Å². The lowest BCUT2D eigenvalue weighted by Gasteiger charge is -2.19. The van der Waals surface area contributed by atoms with Gasteiger partial charge in [0.2, 0.25) is 0 Å². The Morgan fingerprint density at radius 3 is 2.59 bits per heavy atom. The van der Waals surface area contributed by atoms with Crippen molar-refractivity contribution in [2.24, 2.45) is 0 Å². The van der Waals surface area contributed by atoms with Crippen LogP contribution in [0, 0.1) is 6.92 Å². The van der Waals surface area contributed by atoms with Gasteiger partial charge in [0.25, 0.3) is 0 Å². The molecule has 182 valence electrons. The molecular weight excluding hydrogens is 451 g/mol. The van der Waals surface area contributed by atoms with E-state index in [9.17, 15) is 22.8 Å². The maximum Gasteiger partial charge on any atom is 0.419 e. The number of hydrogen-bond acceptors (Lipinski definition) is 6. The maximum absolute atomic E-state index is 13.1. The largest absolute Gasteiger partial charge is 0.496 e. The molecule has 0 spiro atoms. The molecule has 0 fully saturated rings. The molecule has 0 atom stereocenters. The lowest BCUT2D eigenvalue weighted by Crippen LogP contribution is -2.13. The van der Waals surface area contributed by atoms with E-state index in [-0.39, 0.29) is 13.0 Å². The number of ether oxygens (including phenoxy) is 3. The quantitative estimate of drug-likeness (QED) is 0.303. The SMILES string of the molecule is CNc1c(C/C=C(\C)CCC(=O)Oc2ccccc2C(F)(F)F)c(OC)c(C)c2c1C(=O)OC2. The highest BCUT2D eigenvalue weighted by Crippen LogP contribution is 2.41. The summed E-state index contributed by atoms with van der Waals surface area (Å²) >= 11 is 0. The molecule has 1 heterocycles. The maximum atomic E-state index is 13.1.